The number of rotatable bonds is 6. The lowest BCUT2D eigenvalue weighted by Crippen LogP contribution is -2.25. The Labute approximate surface area is 176 Å². The van der Waals surface area contributed by atoms with Crippen molar-refractivity contribution < 1.29 is 9.84 Å². The molecular formula is C24H24ClN2O2. The van der Waals surface area contributed by atoms with E-state index in [-0.39, 0.29) is 12.7 Å². The summed E-state index contributed by atoms with van der Waals surface area (Å²) in [5.41, 5.74) is 5.41. The average molecular weight is 408 g/mol. The van der Waals surface area contributed by atoms with Crippen molar-refractivity contribution in [2.45, 2.75) is 32.5 Å². The van der Waals surface area contributed by atoms with Crippen LogP contribution in [0.15, 0.2) is 54.7 Å². The fourth-order valence-corrected chi connectivity index (χ4v) is 3.92. The van der Waals surface area contributed by atoms with Crippen molar-refractivity contribution in [3.8, 4) is 17.0 Å². The van der Waals surface area contributed by atoms with Gasteiger partial charge in [0, 0.05) is 30.4 Å². The molecule has 1 atom stereocenters. The van der Waals surface area contributed by atoms with Gasteiger partial charge in [0.25, 0.3) is 0 Å². The fraction of sp³-hybridized carbons (Fsp3) is 0.292. The van der Waals surface area contributed by atoms with E-state index in [1.54, 1.807) is 18.3 Å². The highest BCUT2D eigenvalue weighted by molar-refractivity contribution is 6.31. The van der Waals surface area contributed by atoms with Gasteiger partial charge in [0.15, 0.2) is 0 Å². The summed E-state index contributed by atoms with van der Waals surface area (Å²) in [5, 5.41) is 10.5. The molecule has 0 bridgehead atoms. The van der Waals surface area contributed by atoms with Gasteiger partial charge in [-0.15, -0.1) is 0 Å². The van der Waals surface area contributed by atoms with Gasteiger partial charge in [0.2, 0.25) is 5.88 Å². The van der Waals surface area contributed by atoms with Crippen LogP contribution in [-0.4, -0.2) is 29.3 Å². The van der Waals surface area contributed by atoms with Crippen LogP contribution in [0.3, 0.4) is 0 Å². The molecule has 0 unspecified atom stereocenters. The summed E-state index contributed by atoms with van der Waals surface area (Å²) in [7, 11) is 0. The second kappa shape index (κ2) is 8.85. The first-order chi connectivity index (χ1) is 14.2. The molecule has 29 heavy (non-hydrogen) atoms. The molecule has 2 heterocycles. The minimum absolute atomic E-state index is 0.00312. The quantitative estimate of drug-likeness (QED) is 0.630. The van der Waals surface area contributed by atoms with Crippen LogP contribution < -0.4 is 9.64 Å². The lowest BCUT2D eigenvalue weighted by molar-refractivity contribution is 0.216. The molecule has 1 fully saturated rings. The molecule has 1 aromatic heterocycles. The predicted octanol–water partition coefficient (Wildman–Crippen LogP) is 4.91. The van der Waals surface area contributed by atoms with Gasteiger partial charge in [0.1, 0.15) is 11.1 Å². The van der Waals surface area contributed by atoms with E-state index in [0.29, 0.717) is 10.9 Å². The number of pyridine rings is 1. The van der Waals surface area contributed by atoms with E-state index >= 15 is 0 Å². The van der Waals surface area contributed by atoms with Crippen LogP contribution in [0.25, 0.3) is 11.1 Å². The summed E-state index contributed by atoms with van der Waals surface area (Å²) in [4.78, 5) is 6.47. The lowest BCUT2D eigenvalue weighted by Gasteiger charge is -2.22. The number of aromatic nitrogens is 1. The number of ether oxygens (including phenoxy) is 1. The minimum Gasteiger partial charge on any atom is -0.471 e. The van der Waals surface area contributed by atoms with Crippen molar-refractivity contribution in [3.63, 3.8) is 0 Å². The number of halogens is 1. The lowest BCUT2D eigenvalue weighted by atomic mass is 9.99. The summed E-state index contributed by atoms with van der Waals surface area (Å²) in [6, 6.07) is 19.3. The number of anilines is 1. The highest BCUT2D eigenvalue weighted by Crippen LogP contribution is 2.32. The molecule has 149 valence electrons. The van der Waals surface area contributed by atoms with E-state index in [4.69, 9.17) is 16.3 Å². The Bertz CT molecular complexity index is 992. The van der Waals surface area contributed by atoms with Crippen molar-refractivity contribution >= 4 is 17.3 Å². The van der Waals surface area contributed by atoms with Crippen LogP contribution in [-0.2, 0) is 13.0 Å². The summed E-state index contributed by atoms with van der Waals surface area (Å²) >= 11 is 6.16. The zero-order valence-corrected chi connectivity index (χ0v) is 17.2. The van der Waals surface area contributed by atoms with E-state index in [0.717, 1.165) is 48.3 Å². The molecule has 0 saturated carbocycles. The molecule has 3 aromatic rings. The Kier molecular flexibility index (Phi) is 6.02. The Balaban J connectivity index is 1.52. The van der Waals surface area contributed by atoms with Crippen LogP contribution in [0.4, 0.5) is 5.69 Å². The van der Waals surface area contributed by atoms with E-state index in [1.807, 2.05) is 6.07 Å². The second-order valence-corrected chi connectivity index (χ2v) is 7.63. The number of hydrogen-bond acceptors (Lipinski definition) is 4. The normalized spacial score (nSPS) is 16.2. The van der Waals surface area contributed by atoms with Gasteiger partial charge in [-0.3, -0.25) is 0 Å². The highest BCUT2D eigenvalue weighted by Gasteiger charge is 2.26. The van der Waals surface area contributed by atoms with Gasteiger partial charge in [-0.25, -0.2) is 4.98 Å². The Morgan fingerprint density at radius 2 is 2.10 bits per heavy atom. The first kappa shape index (κ1) is 19.7. The predicted molar refractivity (Wildman–Crippen MR) is 117 cm³/mol. The summed E-state index contributed by atoms with van der Waals surface area (Å²) in [5.74, 6) is 0.478. The van der Waals surface area contributed by atoms with Gasteiger partial charge < -0.3 is 14.7 Å². The smallest absolute Gasteiger partial charge is 0.232 e. The summed E-state index contributed by atoms with van der Waals surface area (Å²) in [6.07, 6.45) is 3.54. The van der Waals surface area contributed by atoms with Crippen LogP contribution in [0, 0.1) is 6.07 Å². The maximum atomic E-state index is 10.00. The average Bonchev–Trinajstić information content (AvgIpc) is 3.23. The van der Waals surface area contributed by atoms with Gasteiger partial charge in [-0.2, -0.15) is 0 Å². The SMILES string of the molecule is CCc1[c]ccc(-c2ccc(N3CC[C@H](Oc4ncccc4Cl)C3)c(CO)c2)c1. The van der Waals surface area contributed by atoms with E-state index < -0.39 is 0 Å². The largest absolute Gasteiger partial charge is 0.471 e. The van der Waals surface area contributed by atoms with Crippen LogP contribution >= 0.6 is 11.6 Å². The van der Waals surface area contributed by atoms with E-state index in [2.05, 4.69) is 53.2 Å². The molecule has 0 amide bonds. The molecule has 4 nitrogen and oxygen atoms in total. The third kappa shape index (κ3) is 4.39. The van der Waals surface area contributed by atoms with Crippen molar-refractivity contribution in [1.82, 2.24) is 4.98 Å². The standard InChI is InChI=1S/C24H24ClN2O2/c1-2-17-5-3-6-18(13-17)19-8-9-23(20(14-19)16-28)27-12-10-21(15-27)29-24-22(25)7-4-11-26-24/h3-4,6-9,11,13-14,21,28H,2,10,12,15-16H2,1H3/t21-/m0/s1. The number of aliphatic hydroxyl groups excluding tert-OH is 1. The Hall–Kier alpha value is -2.56. The molecule has 0 aliphatic carbocycles. The summed E-state index contributed by atoms with van der Waals surface area (Å²) in [6.45, 7) is 3.72. The van der Waals surface area contributed by atoms with Crippen LogP contribution in [0.2, 0.25) is 5.02 Å². The maximum absolute atomic E-state index is 10.00. The number of aryl methyl sites for hydroxylation is 1. The van der Waals surface area contributed by atoms with Gasteiger partial charge in [-0.05, 0) is 53.4 Å². The molecule has 5 heteroatoms. The molecule has 1 radical (unpaired) electrons. The van der Waals surface area contributed by atoms with Gasteiger partial charge in [0.05, 0.1) is 13.2 Å². The Morgan fingerprint density at radius 1 is 1.24 bits per heavy atom. The van der Waals surface area contributed by atoms with Gasteiger partial charge in [-0.1, -0.05) is 42.8 Å². The molecule has 0 spiro atoms. The molecule has 1 aliphatic heterocycles. The zero-order valence-electron chi connectivity index (χ0n) is 16.4. The Morgan fingerprint density at radius 3 is 2.90 bits per heavy atom. The highest BCUT2D eigenvalue weighted by atomic mass is 35.5. The molecular weight excluding hydrogens is 384 g/mol. The minimum atomic E-state index is -0.00312. The second-order valence-electron chi connectivity index (χ2n) is 7.22. The number of aliphatic hydroxyl groups is 1. The molecule has 1 aliphatic rings. The zero-order chi connectivity index (χ0) is 20.2. The van der Waals surface area contributed by atoms with E-state index in [9.17, 15) is 5.11 Å². The van der Waals surface area contributed by atoms with Crippen molar-refractivity contribution in [3.05, 3.63) is 76.9 Å². The third-order valence-electron chi connectivity index (χ3n) is 5.31. The molecule has 1 saturated heterocycles. The number of benzene rings is 2. The number of hydrogen-bond donors (Lipinski definition) is 1. The monoisotopic (exact) mass is 407 g/mol. The van der Waals surface area contributed by atoms with Gasteiger partial charge >= 0.3 is 0 Å². The molecule has 2 aromatic carbocycles. The number of nitrogens with zero attached hydrogens (tertiary/aromatic N) is 2. The van der Waals surface area contributed by atoms with Crippen molar-refractivity contribution in [2.24, 2.45) is 0 Å². The van der Waals surface area contributed by atoms with Crippen LogP contribution in [0.1, 0.15) is 24.5 Å². The van der Waals surface area contributed by atoms with Crippen LogP contribution in [0.5, 0.6) is 5.88 Å². The first-order valence-corrected chi connectivity index (χ1v) is 10.3. The fourth-order valence-electron chi connectivity index (χ4n) is 3.76. The maximum Gasteiger partial charge on any atom is 0.232 e. The third-order valence-corrected chi connectivity index (χ3v) is 5.60. The first-order valence-electron chi connectivity index (χ1n) is 9.95. The molecule has 4 rings (SSSR count). The van der Waals surface area contributed by atoms with Crippen molar-refractivity contribution in [2.75, 3.05) is 18.0 Å². The topological polar surface area (TPSA) is 45.6 Å². The molecule has 1 N–H and O–H groups in total. The van der Waals surface area contributed by atoms with E-state index in [1.165, 1.54) is 5.56 Å². The van der Waals surface area contributed by atoms with Crippen molar-refractivity contribution in [1.29, 1.82) is 0 Å². The summed E-state index contributed by atoms with van der Waals surface area (Å²) < 4.78 is 6.00.